The van der Waals surface area contributed by atoms with E-state index in [9.17, 15) is 0 Å². The lowest BCUT2D eigenvalue weighted by Crippen LogP contribution is -2.15. The predicted octanol–water partition coefficient (Wildman–Crippen LogP) is 4.85. The number of fused-ring (bicyclic) bond motifs is 1. The molecule has 158 valence electrons. The summed E-state index contributed by atoms with van der Waals surface area (Å²) in [6.45, 7) is 1.57. The van der Waals surface area contributed by atoms with Crippen molar-refractivity contribution in [3.05, 3.63) is 54.6 Å². The molecule has 3 aromatic heterocycles. The molecule has 0 amide bonds. The number of hydrogen-bond acceptors (Lipinski definition) is 5. The van der Waals surface area contributed by atoms with Gasteiger partial charge in [-0.3, -0.25) is 9.36 Å². The maximum absolute atomic E-state index is 6.33. The van der Waals surface area contributed by atoms with Crippen molar-refractivity contribution in [1.82, 2.24) is 24.5 Å². The van der Waals surface area contributed by atoms with Crippen LogP contribution in [-0.2, 0) is 11.8 Å². The van der Waals surface area contributed by atoms with Crippen molar-refractivity contribution >= 4 is 10.9 Å². The van der Waals surface area contributed by atoms with E-state index in [2.05, 4.69) is 40.2 Å². The highest BCUT2D eigenvalue weighted by molar-refractivity contribution is 5.84. The van der Waals surface area contributed by atoms with Gasteiger partial charge in [-0.2, -0.15) is 10.2 Å². The van der Waals surface area contributed by atoms with E-state index >= 15 is 0 Å². The van der Waals surface area contributed by atoms with Gasteiger partial charge in [0.2, 0.25) is 5.88 Å². The van der Waals surface area contributed by atoms with Crippen LogP contribution >= 0.6 is 0 Å². The Kier molecular flexibility index (Phi) is 4.49. The Morgan fingerprint density at radius 3 is 2.61 bits per heavy atom. The van der Waals surface area contributed by atoms with E-state index < -0.39 is 0 Å². The molecule has 1 saturated carbocycles. The first-order valence-corrected chi connectivity index (χ1v) is 11.0. The van der Waals surface area contributed by atoms with Gasteiger partial charge in [-0.15, -0.1) is 0 Å². The second-order valence-corrected chi connectivity index (χ2v) is 8.54. The van der Waals surface area contributed by atoms with Crippen molar-refractivity contribution in [2.24, 2.45) is 7.05 Å². The molecule has 31 heavy (non-hydrogen) atoms. The number of hydrogen-bond donors (Lipinski definition) is 0. The molecule has 7 heteroatoms. The molecule has 1 saturated heterocycles. The second-order valence-electron chi connectivity index (χ2n) is 8.54. The van der Waals surface area contributed by atoms with Crippen LogP contribution in [0.1, 0.15) is 43.3 Å². The minimum absolute atomic E-state index is 0.376. The number of rotatable bonds is 5. The summed E-state index contributed by atoms with van der Waals surface area (Å²) in [6, 6.07) is 10.8. The van der Waals surface area contributed by atoms with Gasteiger partial charge in [0.15, 0.2) is 5.75 Å². The Labute approximate surface area is 180 Å². The van der Waals surface area contributed by atoms with Crippen molar-refractivity contribution in [3.63, 3.8) is 0 Å². The quantitative estimate of drug-likeness (QED) is 0.466. The number of benzene rings is 1. The van der Waals surface area contributed by atoms with Crippen LogP contribution in [0.2, 0.25) is 0 Å². The summed E-state index contributed by atoms with van der Waals surface area (Å²) in [5, 5.41) is 10.3. The predicted molar refractivity (Wildman–Crippen MR) is 117 cm³/mol. The summed E-state index contributed by atoms with van der Waals surface area (Å²) in [6.07, 6.45) is 10.3. The summed E-state index contributed by atoms with van der Waals surface area (Å²) in [5.74, 6) is 1.80. The fourth-order valence-electron chi connectivity index (χ4n) is 4.27. The van der Waals surface area contributed by atoms with Crippen LogP contribution in [0.4, 0.5) is 0 Å². The van der Waals surface area contributed by atoms with Crippen LogP contribution in [0.15, 0.2) is 48.9 Å². The first-order chi connectivity index (χ1) is 15.2. The zero-order chi connectivity index (χ0) is 20.8. The molecule has 6 rings (SSSR count). The van der Waals surface area contributed by atoms with E-state index in [0.717, 1.165) is 59.5 Å². The fraction of sp³-hybridized carbons (Fsp3) is 0.375. The standard InChI is InChI=1S/C24H25N5O2/c1-28-14-19(13-25-28)18-3-2-16-4-7-23(26-21(16)12-18)31-22-15-29(20-5-6-20)27-24(22)17-8-10-30-11-9-17/h2-4,7,12-15,17,20H,5-6,8-11H2,1H3. The van der Waals surface area contributed by atoms with Gasteiger partial charge in [-0.25, -0.2) is 4.98 Å². The highest BCUT2D eigenvalue weighted by Gasteiger charge is 2.30. The smallest absolute Gasteiger partial charge is 0.219 e. The molecule has 0 atom stereocenters. The summed E-state index contributed by atoms with van der Waals surface area (Å²) < 4.78 is 15.8. The summed E-state index contributed by atoms with van der Waals surface area (Å²) >= 11 is 0. The Morgan fingerprint density at radius 2 is 1.84 bits per heavy atom. The molecule has 2 aliphatic rings. The number of ether oxygens (including phenoxy) is 2. The van der Waals surface area contributed by atoms with Gasteiger partial charge in [0.25, 0.3) is 0 Å². The van der Waals surface area contributed by atoms with Gasteiger partial charge in [-0.05, 0) is 43.4 Å². The number of aromatic nitrogens is 5. The lowest BCUT2D eigenvalue weighted by molar-refractivity contribution is 0.0839. The number of nitrogens with zero attached hydrogens (tertiary/aromatic N) is 5. The van der Waals surface area contributed by atoms with E-state index in [4.69, 9.17) is 19.6 Å². The van der Waals surface area contributed by atoms with Crippen LogP contribution in [0, 0.1) is 0 Å². The van der Waals surface area contributed by atoms with Gasteiger partial charge in [0, 0.05) is 49.4 Å². The van der Waals surface area contributed by atoms with Gasteiger partial charge in [0.05, 0.1) is 24.0 Å². The van der Waals surface area contributed by atoms with Crippen molar-refractivity contribution < 1.29 is 9.47 Å². The van der Waals surface area contributed by atoms with E-state index in [1.54, 1.807) is 0 Å². The average Bonchev–Trinajstić information content (AvgIpc) is 3.43. The van der Waals surface area contributed by atoms with Gasteiger partial charge >= 0.3 is 0 Å². The molecule has 4 heterocycles. The van der Waals surface area contributed by atoms with Crippen molar-refractivity contribution in [1.29, 1.82) is 0 Å². The van der Waals surface area contributed by atoms with Crippen LogP contribution in [-0.4, -0.2) is 37.8 Å². The van der Waals surface area contributed by atoms with E-state index in [1.807, 2.05) is 30.2 Å². The zero-order valence-electron chi connectivity index (χ0n) is 17.6. The van der Waals surface area contributed by atoms with E-state index in [0.29, 0.717) is 17.8 Å². The van der Waals surface area contributed by atoms with Crippen LogP contribution in [0.3, 0.4) is 0 Å². The van der Waals surface area contributed by atoms with Gasteiger partial charge < -0.3 is 9.47 Å². The molecule has 0 spiro atoms. The lowest BCUT2D eigenvalue weighted by atomic mass is 9.96. The zero-order valence-corrected chi connectivity index (χ0v) is 17.6. The minimum Gasteiger partial charge on any atom is -0.435 e. The van der Waals surface area contributed by atoms with E-state index in [-0.39, 0.29) is 0 Å². The molecule has 1 aromatic carbocycles. The molecule has 0 bridgehead atoms. The monoisotopic (exact) mass is 415 g/mol. The average molecular weight is 415 g/mol. The Morgan fingerprint density at radius 1 is 1.00 bits per heavy atom. The lowest BCUT2D eigenvalue weighted by Gasteiger charge is -2.21. The molecule has 2 fully saturated rings. The molecule has 1 aliphatic carbocycles. The third kappa shape index (κ3) is 3.70. The number of pyridine rings is 1. The van der Waals surface area contributed by atoms with E-state index in [1.165, 1.54) is 12.8 Å². The normalized spacial score (nSPS) is 17.3. The molecule has 0 N–H and O–H groups in total. The van der Waals surface area contributed by atoms with Crippen LogP contribution < -0.4 is 4.74 Å². The molecule has 4 aromatic rings. The molecule has 7 nitrogen and oxygen atoms in total. The Bertz CT molecular complexity index is 1230. The van der Waals surface area contributed by atoms with Crippen molar-refractivity contribution in [3.8, 4) is 22.8 Å². The topological polar surface area (TPSA) is 67.0 Å². The summed E-state index contributed by atoms with van der Waals surface area (Å²) in [4.78, 5) is 4.81. The van der Waals surface area contributed by atoms with Gasteiger partial charge in [-0.1, -0.05) is 12.1 Å². The third-order valence-corrected chi connectivity index (χ3v) is 6.17. The molecular formula is C24H25N5O2. The van der Waals surface area contributed by atoms with Crippen LogP contribution in [0.25, 0.3) is 22.0 Å². The first kappa shape index (κ1) is 18.6. The minimum atomic E-state index is 0.376. The highest BCUT2D eigenvalue weighted by atomic mass is 16.5. The maximum Gasteiger partial charge on any atom is 0.219 e. The van der Waals surface area contributed by atoms with Gasteiger partial charge in [0.1, 0.15) is 5.69 Å². The third-order valence-electron chi connectivity index (χ3n) is 6.17. The maximum atomic E-state index is 6.33. The molecule has 0 radical (unpaired) electrons. The molecule has 1 aliphatic heterocycles. The van der Waals surface area contributed by atoms with Crippen molar-refractivity contribution in [2.45, 2.75) is 37.6 Å². The molecular weight excluding hydrogens is 390 g/mol. The van der Waals surface area contributed by atoms with Crippen LogP contribution in [0.5, 0.6) is 11.6 Å². The highest BCUT2D eigenvalue weighted by Crippen LogP contribution is 2.40. The fourth-order valence-corrected chi connectivity index (χ4v) is 4.27. The number of aryl methyl sites for hydroxylation is 1. The largest absolute Gasteiger partial charge is 0.435 e. The Balaban J connectivity index is 1.33. The Hall–Kier alpha value is -3.19. The summed E-state index contributed by atoms with van der Waals surface area (Å²) in [5.41, 5.74) is 4.11. The SMILES string of the molecule is Cn1cc(-c2ccc3ccc(Oc4cn(C5CC5)nc4C4CCOCC4)nc3c2)cn1. The summed E-state index contributed by atoms with van der Waals surface area (Å²) in [7, 11) is 1.92. The first-order valence-electron chi connectivity index (χ1n) is 11.0. The molecule has 0 unspecified atom stereocenters. The second kappa shape index (κ2) is 7.50. The van der Waals surface area contributed by atoms with Crippen molar-refractivity contribution in [2.75, 3.05) is 13.2 Å².